The first-order valence-corrected chi connectivity index (χ1v) is 15.4. The van der Waals surface area contributed by atoms with E-state index in [0.29, 0.717) is 41.6 Å². The third-order valence-corrected chi connectivity index (χ3v) is 8.71. The van der Waals surface area contributed by atoms with Crippen LogP contribution < -0.4 is 9.84 Å². The van der Waals surface area contributed by atoms with Crippen molar-refractivity contribution in [2.75, 3.05) is 18.4 Å². The molecule has 1 aromatic carbocycles. The predicted molar refractivity (Wildman–Crippen MR) is 145 cm³/mol. The summed E-state index contributed by atoms with van der Waals surface area (Å²) >= 11 is 0. The van der Waals surface area contributed by atoms with Gasteiger partial charge in [-0.2, -0.15) is 14.4 Å². The summed E-state index contributed by atoms with van der Waals surface area (Å²) in [6, 6.07) is 9.13. The number of imidazole rings is 1. The minimum atomic E-state index is -4.76. The van der Waals surface area contributed by atoms with Crippen molar-refractivity contribution in [3.05, 3.63) is 61.3 Å². The molecule has 17 heteroatoms. The summed E-state index contributed by atoms with van der Waals surface area (Å²) < 4.78 is 52.4. The van der Waals surface area contributed by atoms with E-state index >= 15 is 0 Å². The van der Waals surface area contributed by atoms with E-state index in [0.717, 1.165) is 6.42 Å². The van der Waals surface area contributed by atoms with Crippen molar-refractivity contribution >= 4 is 29.6 Å². The summed E-state index contributed by atoms with van der Waals surface area (Å²) in [5, 5.41) is 7.33. The summed E-state index contributed by atoms with van der Waals surface area (Å²) in [5.41, 5.74) is 1.99. The minimum absolute atomic E-state index is 0.00607. The number of oxazole rings is 1. The van der Waals surface area contributed by atoms with Crippen molar-refractivity contribution in [3.8, 4) is 28.4 Å². The van der Waals surface area contributed by atoms with Crippen LogP contribution in [0, 0.1) is 0 Å². The molecule has 0 unspecified atom stereocenters. The number of hydrogen-bond acceptors (Lipinski definition) is 10. The number of fused-ring (bicyclic) bond motifs is 1. The molecule has 0 radical (unpaired) electrons. The van der Waals surface area contributed by atoms with E-state index in [-0.39, 0.29) is 29.2 Å². The van der Waals surface area contributed by atoms with Gasteiger partial charge in [0, 0.05) is 50.3 Å². The number of phosphoric acid groups is 1. The summed E-state index contributed by atoms with van der Waals surface area (Å²) in [5.74, 6) is 0.554. The van der Waals surface area contributed by atoms with Crippen LogP contribution in [-0.4, -0.2) is 70.8 Å². The van der Waals surface area contributed by atoms with Crippen LogP contribution in [0.4, 0.5) is 5.95 Å². The van der Waals surface area contributed by atoms with Gasteiger partial charge in [-0.05, 0) is 37.1 Å². The van der Waals surface area contributed by atoms with Crippen LogP contribution in [0.3, 0.4) is 0 Å². The maximum atomic E-state index is 13.1. The average molecular weight is 601 g/mol. The Balaban J connectivity index is 1.29. The molecule has 5 heterocycles. The molecule has 4 aromatic heterocycles. The molecule has 41 heavy (non-hydrogen) atoms. The third-order valence-electron chi connectivity index (χ3n) is 6.50. The number of sulfonamides is 1. The molecule has 1 atom stereocenters. The molecular formula is C24H25N8O7PS. The Labute approximate surface area is 233 Å². The number of rotatable bonds is 8. The monoisotopic (exact) mass is 600 g/mol. The van der Waals surface area contributed by atoms with Gasteiger partial charge in [-0.1, -0.05) is 12.1 Å². The van der Waals surface area contributed by atoms with Gasteiger partial charge in [0.15, 0.2) is 5.03 Å². The lowest BCUT2D eigenvalue weighted by molar-refractivity contribution is 0.283. The number of piperidine rings is 1. The van der Waals surface area contributed by atoms with Crippen LogP contribution in [0.2, 0.25) is 0 Å². The van der Waals surface area contributed by atoms with E-state index in [1.165, 1.54) is 33.4 Å². The standard InChI is InChI=1S/C24H25N8O7PS/c1-30-11-8-20(29-30)41(36,37)31-10-3-5-17(15-31)26-23-25-9-7-19(27-23)22-21(28-24-32(22)12-13-38-24)16-4-2-6-18(14-16)39-40(33,34)35/h2,4,6-9,11-14,17H,3,5,10,15H2,1H3,(H,25,26,27)(H2,33,34,35)/t17-/m1/s1. The fourth-order valence-corrected chi connectivity index (χ4v) is 6.62. The number of anilines is 1. The molecule has 0 bridgehead atoms. The van der Waals surface area contributed by atoms with Crippen molar-refractivity contribution in [1.82, 2.24) is 33.4 Å². The zero-order valence-corrected chi connectivity index (χ0v) is 23.3. The van der Waals surface area contributed by atoms with E-state index < -0.39 is 17.8 Å². The molecular weight excluding hydrogens is 575 g/mol. The number of aromatic nitrogens is 6. The molecule has 15 nitrogen and oxygen atoms in total. The number of nitrogens with one attached hydrogen (secondary N) is 1. The van der Waals surface area contributed by atoms with Gasteiger partial charge in [0.1, 0.15) is 23.4 Å². The Morgan fingerprint density at radius 2 is 2.02 bits per heavy atom. The topological polar surface area (TPSA) is 190 Å². The van der Waals surface area contributed by atoms with Crippen LogP contribution in [0.25, 0.3) is 28.5 Å². The first kappa shape index (κ1) is 27.1. The Kier molecular flexibility index (Phi) is 6.87. The van der Waals surface area contributed by atoms with Gasteiger partial charge >= 0.3 is 13.7 Å². The van der Waals surface area contributed by atoms with Crippen LogP contribution in [0.5, 0.6) is 5.75 Å². The van der Waals surface area contributed by atoms with Gasteiger partial charge < -0.3 is 14.3 Å². The largest absolute Gasteiger partial charge is 0.524 e. The molecule has 1 aliphatic heterocycles. The molecule has 214 valence electrons. The third kappa shape index (κ3) is 5.60. The van der Waals surface area contributed by atoms with Crippen molar-refractivity contribution in [2.24, 2.45) is 7.05 Å². The lowest BCUT2D eigenvalue weighted by atomic mass is 10.1. The van der Waals surface area contributed by atoms with Gasteiger partial charge in [-0.25, -0.2) is 23.0 Å². The lowest BCUT2D eigenvalue weighted by Gasteiger charge is -2.31. The number of nitrogens with zero attached hydrogens (tertiary/aromatic N) is 7. The maximum absolute atomic E-state index is 13.1. The van der Waals surface area contributed by atoms with Crippen LogP contribution in [0.15, 0.2) is 70.7 Å². The second-order valence-electron chi connectivity index (χ2n) is 9.41. The van der Waals surface area contributed by atoms with E-state index in [9.17, 15) is 22.8 Å². The molecule has 1 saturated heterocycles. The Bertz CT molecular complexity index is 1880. The van der Waals surface area contributed by atoms with Gasteiger partial charge in [0.05, 0.1) is 5.69 Å². The molecule has 1 aliphatic rings. The normalized spacial score (nSPS) is 16.7. The Morgan fingerprint density at radius 3 is 2.80 bits per heavy atom. The van der Waals surface area contributed by atoms with Crippen LogP contribution in [0.1, 0.15) is 12.8 Å². The second kappa shape index (κ2) is 10.4. The number of aryl methyl sites for hydroxylation is 1. The first-order chi connectivity index (χ1) is 19.6. The SMILES string of the molecule is Cn1ccc(S(=O)(=O)N2CCC[C@@H](Nc3nccc(-c4c(-c5cccc(OP(=O)(O)O)c5)nc5occn45)n3)C2)n1. The number of hydrogen-bond donors (Lipinski definition) is 3. The van der Waals surface area contributed by atoms with Crippen LogP contribution in [-0.2, 0) is 21.6 Å². The molecule has 0 saturated carbocycles. The summed E-state index contributed by atoms with van der Waals surface area (Å²) in [6.07, 6.45) is 7.69. The molecule has 0 spiro atoms. The van der Waals surface area contributed by atoms with Crippen molar-refractivity contribution in [3.63, 3.8) is 0 Å². The fourth-order valence-electron chi connectivity index (χ4n) is 4.75. The highest BCUT2D eigenvalue weighted by Gasteiger charge is 2.32. The second-order valence-corrected chi connectivity index (χ2v) is 12.5. The minimum Gasteiger partial charge on any atom is -0.432 e. The van der Waals surface area contributed by atoms with Gasteiger partial charge in [-0.15, -0.1) is 0 Å². The van der Waals surface area contributed by atoms with E-state index in [2.05, 4.69) is 20.4 Å². The highest BCUT2D eigenvalue weighted by atomic mass is 32.2. The van der Waals surface area contributed by atoms with E-state index in [1.807, 2.05) is 0 Å². The zero-order chi connectivity index (χ0) is 28.8. The Morgan fingerprint density at radius 1 is 1.17 bits per heavy atom. The summed E-state index contributed by atoms with van der Waals surface area (Å²) in [4.78, 5) is 32.0. The molecule has 0 amide bonds. The molecule has 5 aromatic rings. The zero-order valence-electron chi connectivity index (χ0n) is 21.6. The Hall–Kier alpha value is -4.08. The molecule has 3 N–H and O–H groups in total. The number of benzene rings is 1. The maximum Gasteiger partial charge on any atom is 0.524 e. The van der Waals surface area contributed by atoms with Gasteiger partial charge in [0.25, 0.3) is 10.0 Å². The highest BCUT2D eigenvalue weighted by Crippen LogP contribution is 2.40. The van der Waals surface area contributed by atoms with E-state index in [1.54, 1.807) is 48.2 Å². The molecule has 1 fully saturated rings. The van der Waals surface area contributed by atoms with Gasteiger partial charge in [0.2, 0.25) is 5.95 Å². The summed E-state index contributed by atoms with van der Waals surface area (Å²) in [6.45, 7) is 0.614. The highest BCUT2D eigenvalue weighted by molar-refractivity contribution is 7.89. The smallest absolute Gasteiger partial charge is 0.432 e. The number of phosphoric ester groups is 1. The molecule has 6 rings (SSSR count). The van der Waals surface area contributed by atoms with Crippen molar-refractivity contribution < 1.29 is 31.7 Å². The average Bonchev–Trinajstić information content (AvgIpc) is 3.65. The quantitative estimate of drug-likeness (QED) is 0.221. The lowest BCUT2D eigenvalue weighted by Crippen LogP contribution is -2.45. The van der Waals surface area contributed by atoms with Crippen molar-refractivity contribution in [2.45, 2.75) is 23.9 Å². The van der Waals surface area contributed by atoms with E-state index in [4.69, 9.17) is 13.9 Å². The summed E-state index contributed by atoms with van der Waals surface area (Å²) in [7, 11) is -6.83. The van der Waals surface area contributed by atoms with Crippen LogP contribution >= 0.6 is 7.82 Å². The van der Waals surface area contributed by atoms with Crippen molar-refractivity contribution in [1.29, 1.82) is 0 Å². The fraction of sp³-hybridized carbons (Fsp3) is 0.250. The van der Waals surface area contributed by atoms with Gasteiger partial charge in [-0.3, -0.25) is 18.9 Å². The predicted octanol–water partition coefficient (Wildman–Crippen LogP) is 2.52. The first-order valence-electron chi connectivity index (χ1n) is 12.5. The molecule has 0 aliphatic carbocycles.